The van der Waals surface area contributed by atoms with Crippen LogP contribution in [0.5, 0.6) is 0 Å². The number of fused-ring (bicyclic) bond motifs is 1. The van der Waals surface area contributed by atoms with Gasteiger partial charge in [-0.3, -0.25) is 9.78 Å². The third-order valence-corrected chi connectivity index (χ3v) is 6.06. The van der Waals surface area contributed by atoms with E-state index >= 15 is 0 Å². The van der Waals surface area contributed by atoms with Crippen LogP contribution in [0.25, 0.3) is 11.0 Å². The number of rotatable bonds is 7. The Hall–Kier alpha value is -3.39. The summed E-state index contributed by atoms with van der Waals surface area (Å²) in [5, 5.41) is 11.2. The highest BCUT2D eigenvalue weighted by Crippen LogP contribution is 2.30. The molecule has 8 heteroatoms. The second-order valence-corrected chi connectivity index (χ2v) is 8.05. The zero-order chi connectivity index (χ0) is 22.5. The van der Waals surface area contributed by atoms with Gasteiger partial charge < -0.3 is 24.6 Å². The SMILES string of the molecule is COCCn1c(C(=O)N2CCC(c3cccc(CNC(=O)O)c3)CC2)cc2ncccc21. The van der Waals surface area contributed by atoms with Crippen LogP contribution in [0.4, 0.5) is 4.79 Å². The fourth-order valence-corrected chi connectivity index (χ4v) is 4.40. The molecular formula is C24H28N4O4. The van der Waals surface area contributed by atoms with Crippen LogP contribution >= 0.6 is 0 Å². The zero-order valence-electron chi connectivity index (χ0n) is 18.2. The number of carbonyl (C=O) groups excluding carboxylic acids is 1. The lowest BCUT2D eigenvalue weighted by Gasteiger charge is -2.32. The second kappa shape index (κ2) is 9.82. The number of ether oxygens (including phenoxy) is 1. The number of benzene rings is 1. The van der Waals surface area contributed by atoms with Gasteiger partial charge in [-0.15, -0.1) is 0 Å². The van der Waals surface area contributed by atoms with Crippen molar-refractivity contribution in [3.8, 4) is 0 Å². The molecule has 1 saturated heterocycles. The number of carboxylic acid groups (broad SMARTS) is 1. The Morgan fingerprint density at radius 2 is 2.00 bits per heavy atom. The maximum Gasteiger partial charge on any atom is 0.404 e. The number of nitrogens with zero attached hydrogens (tertiary/aromatic N) is 3. The van der Waals surface area contributed by atoms with E-state index in [1.807, 2.05) is 39.8 Å². The van der Waals surface area contributed by atoms with E-state index in [0.717, 1.165) is 29.4 Å². The lowest BCUT2D eigenvalue weighted by atomic mass is 9.88. The molecule has 0 spiro atoms. The van der Waals surface area contributed by atoms with Gasteiger partial charge in [-0.05, 0) is 48.1 Å². The third-order valence-electron chi connectivity index (χ3n) is 6.06. The van der Waals surface area contributed by atoms with E-state index in [1.165, 1.54) is 5.56 Å². The van der Waals surface area contributed by atoms with Gasteiger partial charge >= 0.3 is 6.09 Å². The van der Waals surface area contributed by atoms with Crippen molar-refractivity contribution in [2.75, 3.05) is 26.8 Å². The van der Waals surface area contributed by atoms with Crippen LogP contribution in [0, 0.1) is 0 Å². The smallest absolute Gasteiger partial charge is 0.404 e. The number of likely N-dealkylation sites (tertiary alicyclic amines) is 1. The van der Waals surface area contributed by atoms with Gasteiger partial charge in [0, 0.05) is 39.5 Å². The first kappa shape index (κ1) is 21.8. The summed E-state index contributed by atoms with van der Waals surface area (Å²) >= 11 is 0. The van der Waals surface area contributed by atoms with Crippen LogP contribution in [0.1, 0.15) is 40.4 Å². The van der Waals surface area contributed by atoms with Crippen molar-refractivity contribution in [3.63, 3.8) is 0 Å². The molecule has 1 fully saturated rings. The van der Waals surface area contributed by atoms with Gasteiger partial charge in [0.1, 0.15) is 5.69 Å². The predicted molar refractivity (Wildman–Crippen MR) is 121 cm³/mol. The molecule has 8 nitrogen and oxygen atoms in total. The van der Waals surface area contributed by atoms with E-state index in [2.05, 4.69) is 22.4 Å². The highest BCUT2D eigenvalue weighted by atomic mass is 16.5. The average Bonchev–Trinajstić information content (AvgIpc) is 3.19. The summed E-state index contributed by atoms with van der Waals surface area (Å²) < 4.78 is 7.24. The van der Waals surface area contributed by atoms with Gasteiger partial charge in [0.25, 0.3) is 5.91 Å². The number of hydrogen-bond donors (Lipinski definition) is 2. The Labute approximate surface area is 186 Å². The third kappa shape index (κ3) is 4.75. The van der Waals surface area contributed by atoms with E-state index in [4.69, 9.17) is 9.84 Å². The molecular weight excluding hydrogens is 408 g/mol. The summed E-state index contributed by atoms with van der Waals surface area (Å²) in [4.78, 5) is 30.5. The van der Waals surface area contributed by atoms with E-state index in [0.29, 0.717) is 44.4 Å². The van der Waals surface area contributed by atoms with Crippen LogP contribution < -0.4 is 5.32 Å². The van der Waals surface area contributed by atoms with E-state index in [9.17, 15) is 9.59 Å². The monoisotopic (exact) mass is 436 g/mol. The summed E-state index contributed by atoms with van der Waals surface area (Å²) in [6.45, 7) is 2.77. The fourth-order valence-electron chi connectivity index (χ4n) is 4.40. The number of carbonyl (C=O) groups is 2. The minimum atomic E-state index is -1.03. The van der Waals surface area contributed by atoms with Crippen LogP contribution in [0.2, 0.25) is 0 Å². The Bertz CT molecular complexity index is 1100. The number of nitrogens with one attached hydrogen (secondary N) is 1. The lowest BCUT2D eigenvalue weighted by molar-refractivity contribution is 0.0700. The highest BCUT2D eigenvalue weighted by molar-refractivity contribution is 5.97. The molecule has 0 aliphatic carbocycles. The summed E-state index contributed by atoms with van der Waals surface area (Å²) in [7, 11) is 1.66. The van der Waals surface area contributed by atoms with Gasteiger partial charge in [0.05, 0.1) is 17.6 Å². The number of methoxy groups -OCH3 is 1. The van der Waals surface area contributed by atoms with Gasteiger partial charge in [0.15, 0.2) is 0 Å². The normalized spacial score (nSPS) is 14.6. The van der Waals surface area contributed by atoms with Crippen molar-refractivity contribution in [2.24, 2.45) is 0 Å². The standard InChI is InChI=1S/C24H28N4O4/c1-32-13-12-28-21-6-3-9-25-20(21)15-22(28)23(29)27-10-7-18(8-11-27)19-5-2-4-17(14-19)16-26-24(30)31/h2-6,9,14-15,18,26H,7-8,10-13,16H2,1H3,(H,30,31). The molecule has 0 radical (unpaired) electrons. The largest absolute Gasteiger partial charge is 0.465 e. The first-order chi connectivity index (χ1) is 15.6. The van der Waals surface area contributed by atoms with Gasteiger partial charge in [-0.25, -0.2) is 4.79 Å². The van der Waals surface area contributed by atoms with Gasteiger partial charge in [-0.1, -0.05) is 24.3 Å². The van der Waals surface area contributed by atoms with Crippen molar-refractivity contribution in [3.05, 3.63) is 65.5 Å². The number of hydrogen-bond acceptors (Lipinski definition) is 4. The molecule has 3 heterocycles. The molecule has 2 aromatic heterocycles. The van der Waals surface area contributed by atoms with E-state index < -0.39 is 6.09 Å². The van der Waals surface area contributed by atoms with E-state index in [-0.39, 0.29) is 5.91 Å². The topological polar surface area (TPSA) is 96.7 Å². The average molecular weight is 437 g/mol. The fraction of sp³-hybridized carbons (Fsp3) is 0.375. The minimum absolute atomic E-state index is 0.0250. The first-order valence-corrected chi connectivity index (χ1v) is 10.8. The number of amides is 2. The quantitative estimate of drug-likeness (QED) is 0.591. The molecule has 2 N–H and O–H groups in total. The van der Waals surface area contributed by atoms with Crippen molar-refractivity contribution in [1.29, 1.82) is 0 Å². The molecule has 4 rings (SSSR count). The second-order valence-electron chi connectivity index (χ2n) is 8.05. The van der Waals surface area contributed by atoms with Crippen LogP contribution in [0.3, 0.4) is 0 Å². The molecule has 1 aliphatic heterocycles. The highest BCUT2D eigenvalue weighted by Gasteiger charge is 2.27. The number of aromatic nitrogens is 2. The van der Waals surface area contributed by atoms with Crippen molar-refractivity contribution < 1.29 is 19.4 Å². The lowest BCUT2D eigenvalue weighted by Crippen LogP contribution is -2.39. The summed E-state index contributed by atoms with van der Waals surface area (Å²) in [6.07, 6.45) is 2.46. The molecule has 0 atom stereocenters. The summed E-state index contributed by atoms with van der Waals surface area (Å²) in [6, 6.07) is 13.8. The summed E-state index contributed by atoms with van der Waals surface area (Å²) in [5.74, 6) is 0.377. The van der Waals surface area contributed by atoms with Gasteiger partial charge in [0.2, 0.25) is 0 Å². The molecule has 1 aliphatic rings. The van der Waals surface area contributed by atoms with Crippen LogP contribution in [-0.4, -0.2) is 58.4 Å². The minimum Gasteiger partial charge on any atom is -0.465 e. The van der Waals surface area contributed by atoms with E-state index in [1.54, 1.807) is 13.3 Å². The Morgan fingerprint density at radius 1 is 1.19 bits per heavy atom. The molecule has 168 valence electrons. The summed E-state index contributed by atoms with van der Waals surface area (Å²) in [5.41, 5.74) is 4.54. The zero-order valence-corrected chi connectivity index (χ0v) is 18.2. The molecule has 2 amide bonds. The van der Waals surface area contributed by atoms with Crippen LogP contribution in [-0.2, 0) is 17.8 Å². The predicted octanol–water partition coefficient (Wildman–Crippen LogP) is 3.47. The number of piperidine rings is 1. The Kier molecular flexibility index (Phi) is 6.70. The molecule has 0 saturated carbocycles. The maximum atomic E-state index is 13.4. The molecule has 3 aromatic rings. The maximum absolute atomic E-state index is 13.4. The number of pyridine rings is 1. The molecule has 32 heavy (non-hydrogen) atoms. The Morgan fingerprint density at radius 3 is 2.75 bits per heavy atom. The Balaban J connectivity index is 1.45. The van der Waals surface area contributed by atoms with Crippen LogP contribution in [0.15, 0.2) is 48.7 Å². The molecule has 0 bridgehead atoms. The van der Waals surface area contributed by atoms with Crippen molar-refractivity contribution in [2.45, 2.75) is 31.8 Å². The first-order valence-electron chi connectivity index (χ1n) is 10.8. The van der Waals surface area contributed by atoms with Crippen molar-refractivity contribution >= 4 is 23.0 Å². The molecule has 1 aromatic carbocycles. The van der Waals surface area contributed by atoms with Crippen molar-refractivity contribution in [1.82, 2.24) is 19.8 Å². The van der Waals surface area contributed by atoms with Gasteiger partial charge in [-0.2, -0.15) is 0 Å². The molecule has 0 unspecified atom stereocenters.